The Morgan fingerprint density at radius 3 is 2.53 bits per heavy atom. The number of likely N-dealkylation sites (N-methyl/N-ethyl adjacent to an activating group) is 1. The van der Waals surface area contributed by atoms with Crippen molar-refractivity contribution in [1.29, 1.82) is 0 Å². The van der Waals surface area contributed by atoms with E-state index in [1.165, 1.54) is 12.1 Å². The van der Waals surface area contributed by atoms with Gasteiger partial charge in [-0.3, -0.25) is 0 Å². The Balaban J connectivity index is 2.11. The second kappa shape index (κ2) is 3.81. The van der Waals surface area contributed by atoms with Crippen molar-refractivity contribution < 1.29 is 4.39 Å². The molecule has 1 atom stereocenters. The molecule has 0 amide bonds. The van der Waals surface area contributed by atoms with E-state index >= 15 is 0 Å². The molecule has 0 radical (unpaired) electrons. The molecule has 2 rings (SSSR count). The molecule has 1 aromatic carbocycles. The van der Waals surface area contributed by atoms with Crippen molar-refractivity contribution in [2.24, 2.45) is 0 Å². The van der Waals surface area contributed by atoms with Crippen LogP contribution in [0, 0.1) is 5.82 Å². The van der Waals surface area contributed by atoms with Crippen molar-refractivity contribution in [3.05, 3.63) is 30.1 Å². The van der Waals surface area contributed by atoms with Crippen molar-refractivity contribution in [3.63, 3.8) is 0 Å². The molecule has 82 valence electrons. The fourth-order valence-corrected chi connectivity index (χ4v) is 2.04. The molecule has 0 saturated carbocycles. The molecule has 0 bridgehead atoms. The quantitative estimate of drug-likeness (QED) is 0.800. The van der Waals surface area contributed by atoms with E-state index in [2.05, 4.69) is 17.1 Å². The molecule has 0 spiro atoms. The van der Waals surface area contributed by atoms with Gasteiger partial charge in [0.2, 0.25) is 0 Å². The fraction of sp³-hybridized carbons (Fsp3) is 0.500. The highest BCUT2D eigenvalue weighted by Crippen LogP contribution is 2.26. The van der Waals surface area contributed by atoms with Gasteiger partial charge in [-0.05, 0) is 44.7 Å². The fourth-order valence-electron chi connectivity index (χ4n) is 2.04. The van der Waals surface area contributed by atoms with E-state index in [0.717, 1.165) is 25.2 Å². The van der Waals surface area contributed by atoms with Crippen molar-refractivity contribution in [2.45, 2.75) is 18.9 Å². The van der Waals surface area contributed by atoms with Crippen LogP contribution in [0.2, 0.25) is 0 Å². The SMILES string of the molecule is CNC1(C)CCN(c2ccc(F)cc2)C1. The molecular formula is C12H17FN2. The maximum absolute atomic E-state index is 12.8. The molecule has 1 N–H and O–H groups in total. The summed E-state index contributed by atoms with van der Waals surface area (Å²) >= 11 is 0. The van der Waals surface area contributed by atoms with Gasteiger partial charge in [0.25, 0.3) is 0 Å². The summed E-state index contributed by atoms with van der Waals surface area (Å²) in [7, 11) is 1.99. The number of halogens is 1. The Kier molecular flexibility index (Phi) is 2.65. The van der Waals surface area contributed by atoms with Gasteiger partial charge in [-0.15, -0.1) is 0 Å². The Morgan fingerprint density at radius 1 is 1.33 bits per heavy atom. The van der Waals surface area contributed by atoms with Gasteiger partial charge in [-0.25, -0.2) is 4.39 Å². The second-order valence-electron chi connectivity index (χ2n) is 4.46. The lowest BCUT2D eigenvalue weighted by Crippen LogP contribution is -2.42. The van der Waals surface area contributed by atoms with Crippen molar-refractivity contribution in [3.8, 4) is 0 Å². The molecule has 1 aliphatic heterocycles. The first-order valence-corrected chi connectivity index (χ1v) is 5.32. The summed E-state index contributed by atoms with van der Waals surface area (Å²) in [6.07, 6.45) is 1.13. The molecule has 15 heavy (non-hydrogen) atoms. The van der Waals surface area contributed by atoms with E-state index < -0.39 is 0 Å². The predicted octanol–water partition coefficient (Wildman–Crippen LogP) is 2.01. The van der Waals surface area contributed by atoms with Crippen LogP contribution in [0.25, 0.3) is 0 Å². The average Bonchev–Trinajstić information content (AvgIpc) is 2.63. The molecule has 2 nitrogen and oxygen atoms in total. The van der Waals surface area contributed by atoms with Crippen LogP contribution in [0.3, 0.4) is 0 Å². The van der Waals surface area contributed by atoms with Gasteiger partial charge < -0.3 is 10.2 Å². The third-order valence-corrected chi connectivity index (χ3v) is 3.27. The Morgan fingerprint density at radius 2 is 2.00 bits per heavy atom. The topological polar surface area (TPSA) is 15.3 Å². The van der Waals surface area contributed by atoms with Gasteiger partial charge in [-0.2, -0.15) is 0 Å². The Hall–Kier alpha value is -1.09. The molecule has 1 aliphatic rings. The van der Waals surface area contributed by atoms with Gasteiger partial charge in [0.15, 0.2) is 0 Å². The first-order chi connectivity index (χ1) is 7.13. The zero-order valence-electron chi connectivity index (χ0n) is 9.26. The maximum atomic E-state index is 12.8. The van der Waals surface area contributed by atoms with E-state index in [1.807, 2.05) is 19.2 Å². The van der Waals surface area contributed by atoms with Crippen LogP contribution < -0.4 is 10.2 Å². The lowest BCUT2D eigenvalue weighted by Gasteiger charge is -2.25. The number of nitrogens with one attached hydrogen (secondary N) is 1. The molecular weight excluding hydrogens is 191 g/mol. The first kappa shape index (κ1) is 10.4. The number of nitrogens with zero attached hydrogens (tertiary/aromatic N) is 1. The highest BCUT2D eigenvalue weighted by atomic mass is 19.1. The zero-order chi connectivity index (χ0) is 10.9. The van der Waals surface area contributed by atoms with E-state index in [9.17, 15) is 4.39 Å². The normalized spacial score (nSPS) is 25.9. The predicted molar refractivity (Wildman–Crippen MR) is 60.7 cm³/mol. The minimum absolute atomic E-state index is 0.172. The monoisotopic (exact) mass is 208 g/mol. The van der Waals surface area contributed by atoms with Crippen LogP contribution in [0.15, 0.2) is 24.3 Å². The Labute approximate surface area is 90.1 Å². The minimum Gasteiger partial charge on any atom is -0.370 e. The highest BCUT2D eigenvalue weighted by molar-refractivity contribution is 5.48. The molecule has 1 heterocycles. The standard InChI is InChI=1S/C12H17FN2/c1-12(14-2)7-8-15(9-12)11-5-3-10(13)4-6-11/h3-6,14H,7-9H2,1-2H3. The van der Waals surface area contributed by atoms with E-state index in [4.69, 9.17) is 0 Å². The van der Waals surface area contributed by atoms with Crippen LogP contribution in [-0.4, -0.2) is 25.7 Å². The van der Waals surface area contributed by atoms with Crippen LogP contribution >= 0.6 is 0 Å². The number of benzene rings is 1. The summed E-state index contributed by atoms with van der Waals surface area (Å²) in [6, 6.07) is 6.72. The summed E-state index contributed by atoms with van der Waals surface area (Å²) in [6.45, 7) is 4.23. The summed E-state index contributed by atoms with van der Waals surface area (Å²) in [5, 5.41) is 3.34. The smallest absolute Gasteiger partial charge is 0.123 e. The van der Waals surface area contributed by atoms with Crippen molar-refractivity contribution in [1.82, 2.24) is 5.32 Å². The largest absolute Gasteiger partial charge is 0.370 e. The molecule has 1 fully saturated rings. The number of hydrogen-bond donors (Lipinski definition) is 1. The van der Waals surface area contributed by atoms with E-state index in [-0.39, 0.29) is 11.4 Å². The van der Waals surface area contributed by atoms with Crippen LogP contribution in [0.4, 0.5) is 10.1 Å². The number of anilines is 1. The van der Waals surface area contributed by atoms with Crippen molar-refractivity contribution >= 4 is 5.69 Å². The van der Waals surface area contributed by atoms with E-state index in [0.29, 0.717) is 0 Å². The van der Waals surface area contributed by atoms with Gasteiger partial charge >= 0.3 is 0 Å². The lowest BCUT2D eigenvalue weighted by molar-refractivity contribution is 0.428. The van der Waals surface area contributed by atoms with Crippen LogP contribution in [0.1, 0.15) is 13.3 Å². The summed E-state index contributed by atoms with van der Waals surface area (Å²) in [5.41, 5.74) is 1.30. The van der Waals surface area contributed by atoms with E-state index in [1.54, 1.807) is 0 Å². The highest BCUT2D eigenvalue weighted by Gasteiger charge is 2.31. The second-order valence-corrected chi connectivity index (χ2v) is 4.46. The molecule has 0 aromatic heterocycles. The average molecular weight is 208 g/mol. The molecule has 1 saturated heterocycles. The Bertz CT molecular complexity index is 336. The molecule has 1 unspecified atom stereocenters. The number of rotatable bonds is 2. The summed E-state index contributed by atoms with van der Waals surface area (Å²) in [4.78, 5) is 2.29. The maximum Gasteiger partial charge on any atom is 0.123 e. The minimum atomic E-state index is -0.172. The molecule has 1 aromatic rings. The van der Waals surface area contributed by atoms with Gasteiger partial charge in [0, 0.05) is 24.3 Å². The summed E-state index contributed by atoms with van der Waals surface area (Å²) in [5.74, 6) is -0.172. The molecule has 0 aliphatic carbocycles. The zero-order valence-corrected chi connectivity index (χ0v) is 9.26. The third kappa shape index (κ3) is 2.12. The third-order valence-electron chi connectivity index (χ3n) is 3.27. The lowest BCUT2D eigenvalue weighted by atomic mass is 10.0. The van der Waals surface area contributed by atoms with Gasteiger partial charge in [-0.1, -0.05) is 0 Å². The number of hydrogen-bond acceptors (Lipinski definition) is 2. The van der Waals surface area contributed by atoms with Crippen LogP contribution in [-0.2, 0) is 0 Å². The molecule has 3 heteroatoms. The summed E-state index contributed by atoms with van der Waals surface area (Å²) < 4.78 is 12.8. The van der Waals surface area contributed by atoms with Crippen LogP contribution in [0.5, 0.6) is 0 Å². The van der Waals surface area contributed by atoms with Gasteiger partial charge in [0.05, 0.1) is 0 Å². The van der Waals surface area contributed by atoms with Gasteiger partial charge in [0.1, 0.15) is 5.82 Å². The first-order valence-electron chi connectivity index (χ1n) is 5.32. The van der Waals surface area contributed by atoms with Crippen molar-refractivity contribution in [2.75, 3.05) is 25.0 Å².